The van der Waals surface area contributed by atoms with Crippen LogP contribution in [0, 0.1) is 5.92 Å². The predicted octanol–water partition coefficient (Wildman–Crippen LogP) is 1.54. The van der Waals surface area contributed by atoms with Crippen LogP contribution in [0.1, 0.15) is 6.42 Å². The number of nitrogens with zero attached hydrogens (tertiary/aromatic N) is 3. The fourth-order valence-electron chi connectivity index (χ4n) is 2.37. The van der Waals surface area contributed by atoms with Crippen molar-refractivity contribution in [1.82, 2.24) is 10.2 Å². The molecule has 1 saturated heterocycles. The Labute approximate surface area is 104 Å². The van der Waals surface area contributed by atoms with Crippen molar-refractivity contribution in [3.63, 3.8) is 0 Å². The molecule has 1 aliphatic rings. The van der Waals surface area contributed by atoms with Crippen molar-refractivity contribution < 1.29 is 9.90 Å². The number of carboxylic acids is 1. The third-order valence-electron chi connectivity index (χ3n) is 3.27. The molecule has 0 amide bonds. The Morgan fingerprint density at radius 2 is 2.17 bits per heavy atom. The molecular weight excluding hydrogens is 230 g/mol. The molecule has 5 heteroatoms. The first kappa shape index (κ1) is 11.0. The molecule has 0 unspecified atom stereocenters. The van der Waals surface area contributed by atoms with Gasteiger partial charge in [-0.1, -0.05) is 24.3 Å². The lowest BCUT2D eigenvalue weighted by atomic mass is 9.96. The van der Waals surface area contributed by atoms with Gasteiger partial charge in [0, 0.05) is 29.8 Å². The number of carboxylic acid groups (broad SMARTS) is 1. The van der Waals surface area contributed by atoms with Gasteiger partial charge in [-0.15, -0.1) is 5.10 Å². The summed E-state index contributed by atoms with van der Waals surface area (Å²) in [5.41, 5.74) is 0. The molecule has 3 rings (SSSR count). The summed E-state index contributed by atoms with van der Waals surface area (Å²) in [6.45, 7) is 1.49. The van der Waals surface area contributed by atoms with Crippen LogP contribution in [0.5, 0.6) is 0 Å². The number of hydrogen-bond acceptors (Lipinski definition) is 4. The third kappa shape index (κ3) is 1.88. The molecule has 92 valence electrons. The first-order valence-corrected chi connectivity index (χ1v) is 5.91. The van der Waals surface area contributed by atoms with Crippen molar-refractivity contribution in [2.45, 2.75) is 6.42 Å². The lowest BCUT2D eigenvalue weighted by Crippen LogP contribution is -2.48. The van der Waals surface area contributed by atoms with Crippen LogP contribution in [0.3, 0.4) is 0 Å². The molecule has 1 fully saturated rings. The smallest absolute Gasteiger partial charge is 0.303 e. The van der Waals surface area contributed by atoms with Crippen LogP contribution in [-0.4, -0.2) is 34.4 Å². The largest absolute Gasteiger partial charge is 0.481 e. The molecular formula is C13H13N3O2. The zero-order valence-electron chi connectivity index (χ0n) is 9.78. The zero-order valence-corrected chi connectivity index (χ0v) is 9.78. The minimum absolute atomic E-state index is 0.225. The van der Waals surface area contributed by atoms with E-state index in [4.69, 9.17) is 5.11 Å². The van der Waals surface area contributed by atoms with Crippen molar-refractivity contribution >= 4 is 22.6 Å². The van der Waals surface area contributed by atoms with Gasteiger partial charge in [-0.3, -0.25) is 4.79 Å². The number of aliphatic carboxylic acids is 1. The first-order valence-electron chi connectivity index (χ1n) is 5.91. The molecule has 1 aromatic heterocycles. The summed E-state index contributed by atoms with van der Waals surface area (Å²) in [6, 6.07) is 7.96. The number of rotatable bonds is 3. The van der Waals surface area contributed by atoms with Crippen LogP contribution < -0.4 is 4.90 Å². The van der Waals surface area contributed by atoms with Gasteiger partial charge in [0.15, 0.2) is 5.82 Å². The van der Waals surface area contributed by atoms with Gasteiger partial charge in [0.05, 0.1) is 12.6 Å². The molecule has 0 spiro atoms. The zero-order chi connectivity index (χ0) is 12.5. The van der Waals surface area contributed by atoms with Crippen molar-refractivity contribution in [2.75, 3.05) is 18.0 Å². The molecule has 2 aromatic rings. The standard InChI is InChI=1S/C13H13N3O2/c17-12(18)5-9-7-16(8-9)13-11-4-2-1-3-10(11)6-14-15-13/h1-4,6,9H,5,7-8H2,(H,17,18). The molecule has 0 saturated carbocycles. The summed E-state index contributed by atoms with van der Waals surface area (Å²) in [4.78, 5) is 12.7. The van der Waals surface area contributed by atoms with Gasteiger partial charge in [0.1, 0.15) is 0 Å². The summed E-state index contributed by atoms with van der Waals surface area (Å²) in [6.07, 6.45) is 1.97. The maximum atomic E-state index is 10.6. The minimum atomic E-state index is -0.733. The lowest BCUT2D eigenvalue weighted by Gasteiger charge is -2.39. The van der Waals surface area contributed by atoms with E-state index < -0.39 is 5.97 Å². The van der Waals surface area contributed by atoms with E-state index >= 15 is 0 Å². The van der Waals surface area contributed by atoms with Crippen LogP contribution in [0.15, 0.2) is 30.5 Å². The van der Waals surface area contributed by atoms with E-state index in [0.717, 1.165) is 29.7 Å². The number of anilines is 1. The molecule has 0 bridgehead atoms. The quantitative estimate of drug-likeness (QED) is 0.885. The number of carbonyl (C=O) groups is 1. The van der Waals surface area contributed by atoms with Crippen LogP contribution >= 0.6 is 0 Å². The predicted molar refractivity (Wildman–Crippen MR) is 67.5 cm³/mol. The van der Waals surface area contributed by atoms with E-state index in [1.807, 2.05) is 24.3 Å². The van der Waals surface area contributed by atoms with Gasteiger partial charge < -0.3 is 10.0 Å². The average molecular weight is 243 g/mol. The van der Waals surface area contributed by atoms with Gasteiger partial charge in [-0.25, -0.2) is 0 Å². The summed E-state index contributed by atoms with van der Waals surface area (Å²) in [5.74, 6) is 0.349. The second-order valence-electron chi connectivity index (χ2n) is 4.62. The molecule has 0 aliphatic carbocycles. The summed E-state index contributed by atoms with van der Waals surface area (Å²) in [7, 11) is 0. The number of aromatic nitrogens is 2. The van der Waals surface area contributed by atoms with Gasteiger partial charge >= 0.3 is 5.97 Å². The highest BCUT2D eigenvalue weighted by Crippen LogP contribution is 2.29. The van der Waals surface area contributed by atoms with Crippen LogP contribution in [0.4, 0.5) is 5.82 Å². The number of benzene rings is 1. The van der Waals surface area contributed by atoms with E-state index in [2.05, 4.69) is 15.1 Å². The fourth-order valence-corrected chi connectivity index (χ4v) is 2.37. The highest BCUT2D eigenvalue weighted by molar-refractivity contribution is 5.91. The van der Waals surface area contributed by atoms with Gasteiger partial charge in [0.25, 0.3) is 0 Å². The van der Waals surface area contributed by atoms with Gasteiger partial charge in [-0.2, -0.15) is 5.10 Å². The summed E-state index contributed by atoms with van der Waals surface area (Å²) >= 11 is 0. The Kier molecular flexibility index (Phi) is 2.59. The first-order chi connectivity index (χ1) is 8.74. The summed E-state index contributed by atoms with van der Waals surface area (Å²) in [5, 5.41) is 19.0. The van der Waals surface area contributed by atoms with E-state index in [1.165, 1.54) is 0 Å². The maximum Gasteiger partial charge on any atom is 0.303 e. The Bertz CT molecular complexity index is 588. The fraction of sp³-hybridized carbons (Fsp3) is 0.308. The van der Waals surface area contributed by atoms with Gasteiger partial charge in [-0.05, 0) is 0 Å². The van der Waals surface area contributed by atoms with Crippen LogP contribution in [0.25, 0.3) is 10.8 Å². The molecule has 18 heavy (non-hydrogen) atoms. The van der Waals surface area contributed by atoms with Crippen LogP contribution in [-0.2, 0) is 4.79 Å². The highest BCUT2D eigenvalue weighted by atomic mass is 16.4. The van der Waals surface area contributed by atoms with E-state index in [-0.39, 0.29) is 12.3 Å². The molecule has 1 aromatic carbocycles. The average Bonchev–Trinajstić information content (AvgIpc) is 2.32. The van der Waals surface area contributed by atoms with E-state index in [9.17, 15) is 4.79 Å². The van der Waals surface area contributed by atoms with Crippen molar-refractivity contribution in [3.05, 3.63) is 30.5 Å². The molecule has 0 atom stereocenters. The topological polar surface area (TPSA) is 66.3 Å². The maximum absolute atomic E-state index is 10.6. The lowest BCUT2D eigenvalue weighted by molar-refractivity contribution is -0.138. The molecule has 1 aliphatic heterocycles. The van der Waals surface area contributed by atoms with Gasteiger partial charge in [0.2, 0.25) is 0 Å². The normalized spacial score (nSPS) is 15.7. The third-order valence-corrected chi connectivity index (χ3v) is 3.27. The van der Waals surface area contributed by atoms with Crippen LogP contribution in [0.2, 0.25) is 0 Å². The Balaban J connectivity index is 1.82. The van der Waals surface area contributed by atoms with Crippen molar-refractivity contribution in [2.24, 2.45) is 5.92 Å². The van der Waals surface area contributed by atoms with Crippen molar-refractivity contribution in [1.29, 1.82) is 0 Å². The molecule has 5 nitrogen and oxygen atoms in total. The SMILES string of the molecule is O=C(O)CC1CN(c2nncc3ccccc23)C1. The van der Waals surface area contributed by atoms with E-state index in [0.29, 0.717) is 0 Å². The monoisotopic (exact) mass is 243 g/mol. The molecule has 1 N–H and O–H groups in total. The second kappa shape index (κ2) is 4.25. The number of hydrogen-bond donors (Lipinski definition) is 1. The molecule has 0 radical (unpaired) electrons. The highest BCUT2D eigenvalue weighted by Gasteiger charge is 2.30. The Morgan fingerprint density at radius 1 is 1.39 bits per heavy atom. The summed E-state index contributed by atoms with van der Waals surface area (Å²) < 4.78 is 0. The molecule has 2 heterocycles. The Morgan fingerprint density at radius 3 is 2.94 bits per heavy atom. The van der Waals surface area contributed by atoms with Crippen molar-refractivity contribution in [3.8, 4) is 0 Å². The Hall–Kier alpha value is -2.17. The minimum Gasteiger partial charge on any atom is -0.481 e. The van der Waals surface area contributed by atoms with E-state index in [1.54, 1.807) is 6.20 Å². The second-order valence-corrected chi connectivity index (χ2v) is 4.62. The number of fused-ring (bicyclic) bond motifs is 1.